The quantitative estimate of drug-likeness (QED) is 0.626. The summed E-state index contributed by atoms with van der Waals surface area (Å²) < 4.78 is 12.9. The Morgan fingerprint density at radius 2 is 1.68 bits per heavy atom. The molecular formula is C19H20FN3O2. The van der Waals surface area contributed by atoms with Gasteiger partial charge in [-0.25, -0.2) is 9.82 Å². The van der Waals surface area contributed by atoms with Crippen LogP contribution in [0.2, 0.25) is 0 Å². The van der Waals surface area contributed by atoms with Crippen LogP contribution in [0.15, 0.2) is 59.7 Å². The monoisotopic (exact) mass is 341 g/mol. The van der Waals surface area contributed by atoms with Crippen LogP contribution in [-0.2, 0) is 4.79 Å². The molecule has 0 heterocycles. The van der Waals surface area contributed by atoms with Gasteiger partial charge in [0.2, 0.25) is 0 Å². The summed E-state index contributed by atoms with van der Waals surface area (Å²) in [5.74, 6) is -1.43. The molecule has 1 unspecified atom stereocenters. The van der Waals surface area contributed by atoms with Gasteiger partial charge in [0.15, 0.2) is 0 Å². The van der Waals surface area contributed by atoms with Crippen molar-refractivity contribution in [3.63, 3.8) is 0 Å². The van der Waals surface area contributed by atoms with Crippen LogP contribution in [0.4, 0.5) is 4.39 Å². The molecule has 5 nitrogen and oxygen atoms in total. The lowest BCUT2D eigenvalue weighted by Crippen LogP contribution is -2.48. The highest BCUT2D eigenvalue weighted by Gasteiger charge is 2.24. The predicted octanol–water partition coefficient (Wildman–Crippen LogP) is 2.73. The second-order valence-electron chi connectivity index (χ2n) is 5.85. The van der Waals surface area contributed by atoms with E-state index in [4.69, 9.17) is 0 Å². The highest BCUT2D eigenvalue weighted by molar-refractivity contribution is 5.97. The molecular weight excluding hydrogens is 321 g/mol. The average molecular weight is 341 g/mol. The van der Waals surface area contributed by atoms with Crippen LogP contribution in [-0.4, -0.2) is 24.1 Å². The molecule has 2 N–H and O–H groups in total. The Balaban J connectivity index is 1.99. The van der Waals surface area contributed by atoms with Gasteiger partial charge >= 0.3 is 0 Å². The van der Waals surface area contributed by atoms with Gasteiger partial charge in [-0.3, -0.25) is 9.59 Å². The first-order chi connectivity index (χ1) is 12.0. The lowest BCUT2D eigenvalue weighted by Gasteiger charge is -2.20. The van der Waals surface area contributed by atoms with Gasteiger partial charge in [0.25, 0.3) is 11.8 Å². The van der Waals surface area contributed by atoms with Crippen molar-refractivity contribution in [1.29, 1.82) is 0 Å². The first-order valence-electron chi connectivity index (χ1n) is 7.92. The third-order valence-corrected chi connectivity index (χ3v) is 3.53. The third kappa shape index (κ3) is 5.53. The largest absolute Gasteiger partial charge is 0.340 e. The van der Waals surface area contributed by atoms with E-state index in [2.05, 4.69) is 15.8 Å². The van der Waals surface area contributed by atoms with E-state index in [1.54, 1.807) is 0 Å². The number of hydrogen-bond donors (Lipinski definition) is 2. The highest BCUT2D eigenvalue weighted by atomic mass is 19.1. The fourth-order valence-corrected chi connectivity index (χ4v) is 2.14. The number of rotatable bonds is 6. The zero-order chi connectivity index (χ0) is 18.2. The molecule has 0 fully saturated rings. The van der Waals surface area contributed by atoms with Crippen LogP contribution in [0, 0.1) is 11.7 Å². The van der Waals surface area contributed by atoms with Crippen molar-refractivity contribution in [2.24, 2.45) is 11.0 Å². The van der Waals surface area contributed by atoms with E-state index >= 15 is 0 Å². The SMILES string of the molecule is CC(C)C(NC(=O)c1ccc(F)cc1)C(=O)N/N=C/c1ccccc1. The maximum absolute atomic E-state index is 12.9. The molecule has 1 atom stereocenters. The van der Waals surface area contributed by atoms with Gasteiger partial charge in [-0.15, -0.1) is 0 Å². The van der Waals surface area contributed by atoms with Crippen LogP contribution in [0.3, 0.4) is 0 Å². The first kappa shape index (κ1) is 18.3. The minimum absolute atomic E-state index is 0.142. The molecule has 25 heavy (non-hydrogen) atoms. The van der Waals surface area contributed by atoms with Gasteiger partial charge in [0.1, 0.15) is 11.9 Å². The molecule has 0 spiro atoms. The van der Waals surface area contributed by atoms with Gasteiger partial charge in [-0.2, -0.15) is 5.10 Å². The van der Waals surface area contributed by atoms with E-state index in [-0.39, 0.29) is 11.5 Å². The maximum atomic E-state index is 12.9. The normalized spacial score (nSPS) is 12.2. The number of carbonyl (C=O) groups is 2. The number of carbonyl (C=O) groups excluding carboxylic acids is 2. The summed E-state index contributed by atoms with van der Waals surface area (Å²) in [5, 5.41) is 6.56. The lowest BCUT2D eigenvalue weighted by atomic mass is 10.0. The standard InChI is InChI=1S/C19H20FN3O2/c1-13(2)17(22-18(24)15-8-10-16(20)11-9-15)19(25)23-21-12-14-6-4-3-5-7-14/h3-13,17H,1-2H3,(H,22,24)(H,23,25)/b21-12+. The molecule has 2 aromatic carbocycles. The molecule has 2 amide bonds. The molecule has 2 aromatic rings. The van der Waals surface area contributed by atoms with E-state index in [1.807, 2.05) is 44.2 Å². The summed E-state index contributed by atoms with van der Waals surface area (Å²) >= 11 is 0. The predicted molar refractivity (Wildman–Crippen MR) is 94.7 cm³/mol. The van der Waals surface area contributed by atoms with Gasteiger partial charge < -0.3 is 5.32 Å². The van der Waals surface area contributed by atoms with Crippen LogP contribution < -0.4 is 10.7 Å². The summed E-state index contributed by atoms with van der Waals surface area (Å²) in [4.78, 5) is 24.5. The van der Waals surface area contributed by atoms with Crippen molar-refractivity contribution >= 4 is 18.0 Å². The molecule has 0 aromatic heterocycles. The number of halogens is 1. The van der Waals surface area contributed by atoms with Gasteiger partial charge in [0, 0.05) is 5.56 Å². The summed E-state index contributed by atoms with van der Waals surface area (Å²) in [6.07, 6.45) is 1.52. The van der Waals surface area contributed by atoms with Crippen molar-refractivity contribution in [2.45, 2.75) is 19.9 Å². The Morgan fingerprint density at radius 1 is 1.04 bits per heavy atom. The molecule has 6 heteroatoms. The molecule has 0 aliphatic heterocycles. The molecule has 0 bridgehead atoms. The zero-order valence-electron chi connectivity index (χ0n) is 14.1. The van der Waals surface area contributed by atoms with E-state index in [1.165, 1.54) is 30.5 Å². The zero-order valence-corrected chi connectivity index (χ0v) is 14.1. The number of hydrazone groups is 1. The van der Waals surface area contributed by atoms with Crippen molar-refractivity contribution in [2.75, 3.05) is 0 Å². The first-order valence-corrected chi connectivity index (χ1v) is 7.92. The summed E-state index contributed by atoms with van der Waals surface area (Å²) in [6.45, 7) is 3.63. The smallest absolute Gasteiger partial charge is 0.262 e. The second-order valence-corrected chi connectivity index (χ2v) is 5.85. The summed E-state index contributed by atoms with van der Waals surface area (Å²) in [7, 11) is 0. The average Bonchev–Trinajstić information content (AvgIpc) is 2.60. The Bertz CT molecular complexity index is 743. The van der Waals surface area contributed by atoms with Crippen LogP contribution >= 0.6 is 0 Å². The molecule has 0 saturated heterocycles. The number of nitrogens with zero attached hydrogens (tertiary/aromatic N) is 1. The summed E-state index contributed by atoms with van der Waals surface area (Å²) in [6, 6.07) is 13.7. The van der Waals surface area contributed by atoms with Crippen LogP contribution in [0.1, 0.15) is 29.8 Å². The second kappa shape index (κ2) is 8.73. The fourth-order valence-electron chi connectivity index (χ4n) is 2.14. The molecule has 0 saturated carbocycles. The lowest BCUT2D eigenvalue weighted by molar-refractivity contribution is -0.123. The van der Waals surface area contributed by atoms with E-state index < -0.39 is 23.7 Å². The number of amides is 2. The molecule has 2 rings (SSSR count). The van der Waals surface area contributed by atoms with Gasteiger partial charge in [-0.1, -0.05) is 44.2 Å². The molecule has 130 valence electrons. The van der Waals surface area contributed by atoms with Crippen LogP contribution in [0.25, 0.3) is 0 Å². The Kier molecular flexibility index (Phi) is 6.39. The third-order valence-electron chi connectivity index (χ3n) is 3.53. The van der Waals surface area contributed by atoms with Crippen LogP contribution in [0.5, 0.6) is 0 Å². The van der Waals surface area contributed by atoms with Crippen molar-refractivity contribution in [3.8, 4) is 0 Å². The Labute approximate surface area is 145 Å². The van der Waals surface area contributed by atoms with Crippen molar-refractivity contribution < 1.29 is 14.0 Å². The van der Waals surface area contributed by atoms with E-state index in [9.17, 15) is 14.0 Å². The maximum Gasteiger partial charge on any atom is 0.262 e. The van der Waals surface area contributed by atoms with E-state index in [0.29, 0.717) is 0 Å². The number of benzene rings is 2. The Hall–Kier alpha value is -3.02. The summed E-state index contributed by atoms with van der Waals surface area (Å²) in [5.41, 5.74) is 3.57. The highest BCUT2D eigenvalue weighted by Crippen LogP contribution is 2.07. The van der Waals surface area contributed by atoms with Gasteiger partial charge in [-0.05, 0) is 35.7 Å². The number of hydrogen-bond acceptors (Lipinski definition) is 3. The molecule has 0 radical (unpaired) electrons. The minimum atomic E-state index is -0.759. The fraction of sp³-hybridized carbons (Fsp3) is 0.211. The Morgan fingerprint density at radius 3 is 2.28 bits per heavy atom. The van der Waals surface area contributed by atoms with Crippen molar-refractivity contribution in [1.82, 2.24) is 10.7 Å². The molecule has 0 aliphatic carbocycles. The minimum Gasteiger partial charge on any atom is -0.340 e. The van der Waals surface area contributed by atoms with Crippen molar-refractivity contribution in [3.05, 3.63) is 71.5 Å². The number of nitrogens with one attached hydrogen (secondary N) is 2. The molecule has 0 aliphatic rings. The topological polar surface area (TPSA) is 70.6 Å². The van der Waals surface area contributed by atoms with Gasteiger partial charge in [0.05, 0.1) is 6.21 Å². The van der Waals surface area contributed by atoms with E-state index in [0.717, 1.165) is 5.56 Å².